The second kappa shape index (κ2) is 4.33. The Labute approximate surface area is 82.8 Å². The Morgan fingerprint density at radius 2 is 2.38 bits per heavy atom. The summed E-state index contributed by atoms with van der Waals surface area (Å²) in [5.74, 6) is 0.0368. The van der Waals surface area contributed by atoms with E-state index in [9.17, 15) is 4.79 Å². The molecule has 1 aliphatic rings. The Kier molecular flexibility index (Phi) is 3.62. The molecule has 1 rings (SSSR count). The van der Waals surface area contributed by atoms with E-state index in [1.165, 1.54) is 11.8 Å². The molecule has 0 aliphatic carbocycles. The molecule has 1 fully saturated rings. The van der Waals surface area contributed by atoms with Crippen LogP contribution in [0.25, 0.3) is 0 Å². The average Bonchev–Trinajstić information content (AvgIpc) is 2.52. The van der Waals surface area contributed by atoms with Crippen molar-refractivity contribution in [3.05, 3.63) is 0 Å². The molecule has 0 spiro atoms. The van der Waals surface area contributed by atoms with Gasteiger partial charge in [0.1, 0.15) is 4.75 Å². The van der Waals surface area contributed by atoms with Gasteiger partial charge in [-0.1, -0.05) is 0 Å². The summed E-state index contributed by atoms with van der Waals surface area (Å²) in [7, 11) is 0. The zero-order valence-electron chi connectivity index (χ0n) is 8.08. The highest BCUT2D eigenvalue weighted by molar-refractivity contribution is 8.01. The van der Waals surface area contributed by atoms with Crippen molar-refractivity contribution in [3.8, 4) is 0 Å². The highest BCUT2D eigenvalue weighted by Crippen LogP contribution is 2.28. The van der Waals surface area contributed by atoms with Crippen molar-refractivity contribution in [2.45, 2.75) is 37.5 Å². The fourth-order valence-corrected chi connectivity index (χ4v) is 2.13. The minimum Gasteiger partial charge on any atom is -0.480 e. The van der Waals surface area contributed by atoms with E-state index >= 15 is 0 Å². The van der Waals surface area contributed by atoms with E-state index in [1.807, 2.05) is 0 Å². The third-order valence-electron chi connectivity index (χ3n) is 2.17. The lowest BCUT2D eigenvalue weighted by atomic mass is 10.2. The number of rotatable bonds is 4. The number of carboxylic acid groups (broad SMARTS) is 1. The average molecular weight is 204 g/mol. The fourth-order valence-electron chi connectivity index (χ4n) is 1.14. The quantitative estimate of drug-likeness (QED) is 0.758. The maximum Gasteiger partial charge on any atom is 0.319 e. The third-order valence-corrected chi connectivity index (χ3v) is 3.60. The normalized spacial score (nSPS) is 23.4. The summed E-state index contributed by atoms with van der Waals surface area (Å²) in [5.41, 5.74) is 0. The minimum atomic E-state index is -0.754. The summed E-state index contributed by atoms with van der Waals surface area (Å²) in [6.07, 6.45) is 2.45. The Balaban J connectivity index is 2.28. The number of aliphatic carboxylic acids is 1. The van der Waals surface area contributed by atoms with E-state index in [0.29, 0.717) is 0 Å². The predicted octanol–water partition coefficient (Wildman–Crippen LogP) is 1.76. The Bertz CT molecular complexity index is 185. The van der Waals surface area contributed by atoms with E-state index < -0.39 is 10.7 Å². The summed E-state index contributed by atoms with van der Waals surface area (Å²) in [6.45, 7) is 4.29. The molecule has 0 aromatic rings. The van der Waals surface area contributed by atoms with Gasteiger partial charge < -0.3 is 9.84 Å². The van der Waals surface area contributed by atoms with Crippen LogP contribution < -0.4 is 0 Å². The summed E-state index contributed by atoms with van der Waals surface area (Å²) in [4.78, 5) is 10.8. The van der Waals surface area contributed by atoms with E-state index in [4.69, 9.17) is 9.84 Å². The first-order valence-corrected chi connectivity index (χ1v) is 5.50. The molecule has 0 amide bonds. The Morgan fingerprint density at radius 3 is 2.85 bits per heavy atom. The van der Waals surface area contributed by atoms with Crippen LogP contribution in [0.1, 0.15) is 26.7 Å². The number of carbonyl (C=O) groups is 1. The molecule has 1 aliphatic heterocycles. The molecule has 1 N–H and O–H groups in total. The van der Waals surface area contributed by atoms with Crippen molar-refractivity contribution in [1.82, 2.24) is 0 Å². The highest BCUT2D eigenvalue weighted by Gasteiger charge is 2.29. The van der Waals surface area contributed by atoms with Crippen molar-refractivity contribution in [2.75, 3.05) is 12.4 Å². The van der Waals surface area contributed by atoms with E-state index in [1.54, 1.807) is 13.8 Å². The molecule has 1 heterocycles. The SMILES string of the molecule is CC(C)(SCC1CCCO1)C(=O)O. The molecular formula is C9H16O3S. The molecule has 1 unspecified atom stereocenters. The summed E-state index contributed by atoms with van der Waals surface area (Å²) < 4.78 is 4.73. The second-order valence-electron chi connectivity index (χ2n) is 3.76. The summed E-state index contributed by atoms with van der Waals surface area (Å²) in [5, 5.41) is 8.85. The van der Waals surface area contributed by atoms with Crippen LogP contribution in [0.5, 0.6) is 0 Å². The van der Waals surface area contributed by atoms with Crippen LogP contribution in [-0.4, -0.2) is 34.3 Å². The molecule has 1 saturated heterocycles. The topological polar surface area (TPSA) is 46.5 Å². The molecule has 1 atom stereocenters. The molecule has 0 aromatic heterocycles. The maximum atomic E-state index is 10.8. The molecule has 0 radical (unpaired) electrons. The minimum absolute atomic E-state index is 0.267. The standard InChI is InChI=1S/C9H16O3S/c1-9(2,8(10)11)13-6-7-4-3-5-12-7/h7H,3-6H2,1-2H3,(H,10,11). The van der Waals surface area contributed by atoms with Gasteiger partial charge in [-0.2, -0.15) is 0 Å². The Hall–Kier alpha value is -0.220. The monoisotopic (exact) mass is 204 g/mol. The largest absolute Gasteiger partial charge is 0.480 e. The first-order chi connectivity index (χ1) is 6.02. The van der Waals surface area contributed by atoms with E-state index in [-0.39, 0.29) is 6.10 Å². The van der Waals surface area contributed by atoms with Crippen LogP contribution in [0.4, 0.5) is 0 Å². The number of hydrogen-bond acceptors (Lipinski definition) is 3. The first-order valence-electron chi connectivity index (χ1n) is 4.51. The second-order valence-corrected chi connectivity index (χ2v) is 5.40. The molecule has 76 valence electrons. The van der Waals surface area contributed by atoms with Crippen LogP contribution in [0.2, 0.25) is 0 Å². The van der Waals surface area contributed by atoms with Crippen LogP contribution in [0.15, 0.2) is 0 Å². The van der Waals surface area contributed by atoms with Crippen LogP contribution in [-0.2, 0) is 9.53 Å². The van der Waals surface area contributed by atoms with E-state index in [0.717, 1.165) is 25.2 Å². The molecule has 0 saturated carbocycles. The van der Waals surface area contributed by atoms with Crippen LogP contribution in [0, 0.1) is 0 Å². The molecule has 0 bridgehead atoms. The number of carboxylic acids is 1. The van der Waals surface area contributed by atoms with Crippen molar-refractivity contribution in [2.24, 2.45) is 0 Å². The van der Waals surface area contributed by atoms with Crippen molar-refractivity contribution in [1.29, 1.82) is 0 Å². The smallest absolute Gasteiger partial charge is 0.319 e. The number of thioether (sulfide) groups is 1. The van der Waals surface area contributed by atoms with Gasteiger partial charge in [-0.3, -0.25) is 4.79 Å². The van der Waals surface area contributed by atoms with Gasteiger partial charge >= 0.3 is 5.97 Å². The van der Waals surface area contributed by atoms with Gasteiger partial charge in [0.15, 0.2) is 0 Å². The zero-order chi connectivity index (χ0) is 9.90. The zero-order valence-corrected chi connectivity index (χ0v) is 8.89. The van der Waals surface area contributed by atoms with Crippen molar-refractivity contribution >= 4 is 17.7 Å². The number of hydrogen-bond donors (Lipinski definition) is 1. The van der Waals surface area contributed by atoms with Gasteiger partial charge in [0.05, 0.1) is 6.10 Å². The Morgan fingerprint density at radius 1 is 1.69 bits per heavy atom. The molecule has 3 nitrogen and oxygen atoms in total. The van der Waals surface area contributed by atoms with Crippen molar-refractivity contribution < 1.29 is 14.6 Å². The highest BCUT2D eigenvalue weighted by atomic mass is 32.2. The maximum absolute atomic E-state index is 10.8. The first kappa shape index (κ1) is 10.9. The van der Waals surface area contributed by atoms with Crippen LogP contribution in [0.3, 0.4) is 0 Å². The van der Waals surface area contributed by atoms with Gasteiger partial charge in [0.2, 0.25) is 0 Å². The molecule has 0 aromatic carbocycles. The van der Waals surface area contributed by atoms with Gasteiger partial charge in [-0.25, -0.2) is 0 Å². The lowest BCUT2D eigenvalue weighted by Crippen LogP contribution is -2.29. The lowest BCUT2D eigenvalue weighted by molar-refractivity contribution is -0.138. The third kappa shape index (κ3) is 3.19. The lowest BCUT2D eigenvalue weighted by Gasteiger charge is -2.20. The fraction of sp³-hybridized carbons (Fsp3) is 0.889. The molecule has 13 heavy (non-hydrogen) atoms. The number of ether oxygens (including phenoxy) is 1. The molecule has 4 heteroatoms. The van der Waals surface area contributed by atoms with E-state index in [2.05, 4.69) is 0 Å². The van der Waals surface area contributed by atoms with Gasteiger partial charge in [-0.05, 0) is 26.7 Å². The van der Waals surface area contributed by atoms with Gasteiger partial charge in [-0.15, -0.1) is 11.8 Å². The van der Waals surface area contributed by atoms with Gasteiger partial charge in [0.25, 0.3) is 0 Å². The van der Waals surface area contributed by atoms with Crippen molar-refractivity contribution in [3.63, 3.8) is 0 Å². The van der Waals surface area contributed by atoms with Gasteiger partial charge in [0, 0.05) is 12.4 Å². The molecular weight excluding hydrogens is 188 g/mol. The van der Waals surface area contributed by atoms with Crippen LogP contribution >= 0.6 is 11.8 Å². The summed E-state index contributed by atoms with van der Waals surface area (Å²) in [6, 6.07) is 0. The predicted molar refractivity (Wildman–Crippen MR) is 53.1 cm³/mol. The summed E-state index contributed by atoms with van der Waals surface area (Å²) >= 11 is 1.46.